The number of hydrogen-bond acceptors (Lipinski definition) is 2. The monoisotopic (exact) mass is 365 g/mol. The quantitative estimate of drug-likeness (QED) is 0.779. The standard InChI is InChI=1S/C16H13BrClNO2/c17-12-3-7-14(8-4-12)19-16(21)10-9-15(20)11-1-5-13(18)6-2-11/h1-8H,9-10H2,(H,19,21). The molecule has 0 unspecified atom stereocenters. The zero-order chi connectivity index (χ0) is 15.2. The smallest absolute Gasteiger partial charge is 0.224 e. The SMILES string of the molecule is O=C(CCC(=O)c1ccc(Cl)cc1)Nc1ccc(Br)cc1. The van der Waals surface area contributed by atoms with Crippen molar-refractivity contribution < 1.29 is 9.59 Å². The third kappa shape index (κ3) is 4.99. The molecule has 1 amide bonds. The molecule has 0 aromatic heterocycles. The first-order chi connectivity index (χ1) is 10.0. The molecule has 0 spiro atoms. The number of hydrogen-bond donors (Lipinski definition) is 1. The predicted octanol–water partition coefficient (Wildman–Crippen LogP) is 4.70. The van der Waals surface area contributed by atoms with Crippen molar-refractivity contribution in [3.63, 3.8) is 0 Å². The van der Waals surface area contributed by atoms with Gasteiger partial charge in [-0.25, -0.2) is 0 Å². The molecule has 0 aliphatic heterocycles. The lowest BCUT2D eigenvalue weighted by Crippen LogP contribution is -2.13. The minimum Gasteiger partial charge on any atom is -0.326 e. The number of Topliss-reactive ketones (excluding diaryl/α,β-unsaturated/α-hetero) is 1. The molecule has 0 aliphatic rings. The van der Waals surface area contributed by atoms with Crippen LogP contribution in [-0.2, 0) is 4.79 Å². The molecule has 0 bridgehead atoms. The van der Waals surface area contributed by atoms with Crippen LogP contribution in [0, 0.1) is 0 Å². The van der Waals surface area contributed by atoms with E-state index in [1.165, 1.54) is 0 Å². The van der Waals surface area contributed by atoms with Crippen molar-refractivity contribution in [2.45, 2.75) is 12.8 Å². The summed E-state index contributed by atoms with van der Waals surface area (Å²) in [7, 11) is 0. The maximum absolute atomic E-state index is 11.9. The third-order valence-corrected chi connectivity index (χ3v) is 3.65. The largest absolute Gasteiger partial charge is 0.326 e. The first kappa shape index (κ1) is 15.7. The zero-order valence-corrected chi connectivity index (χ0v) is 13.4. The number of rotatable bonds is 5. The minimum atomic E-state index is -0.181. The van der Waals surface area contributed by atoms with Crippen molar-refractivity contribution in [3.8, 4) is 0 Å². The van der Waals surface area contributed by atoms with E-state index in [4.69, 9.17) is 11.6 Å². The zero-order valence-electron chi connectivity index (χ0n) is 11.1. The van der Waals surface area contributed by atoms with Crippen LogP contribution in [0.15, 0.2) is 53.0 Å². The van der Waals surface area contributed by atoms with Crippen LogP contribution >= 0.6 is 27.5 Å². The molecular formula is C16H13BrClNO2. The van der Waals surface area contributed by atoms with Gasteiger partial charge in [-0.15, -0.1) is 0 Å². The summed E-state index contributed by atoms with van der Waals surface area (Å²) in [5.74, 6) is -0.253. The molecule has 0 fully saturated rings. The Hall–Kier alpha value is -1.65. The number of amides is 1. The van der Waals surface area contributed by atoms with Crippen LogP contribution in [0.2, 0.25) is 5.02 Å². The van der Waals surface area contributed by atoms with Crippen LogP contribution in [0.4, 0.5) is 5.69 Å². The van der Waals surface area contributed by atoms with Crippen molar-refractivity contribution in [1.82, 2.24) is 0 Å². The number of nitrogens with one attached hydrogen (secondary N) is 1. The van der Waals surface area contributed by atoms with E-state index in [-0.39, 0.29) is 24.5 Å². The highest BCUT2D eigenvalue weighted by atomic mass is 79.9. The van der Waals surface area contributed by atoms with E-state index in [0.717, 1.165) is 4.47 Å². The number of carbonyl (C=O) groups excluding carboxylic acids is 2. The molecule has 0 radical (unpaired) electrons. The molecule has 5 heteroatoms. The van der Waals surface area contributed by atoms with Gasteiger partial charge in [0.1, 0.15) is 0 Å². The minimum absolute atomic E-state index is 0.0716. The molecule has 0 saturated heterocycles. The van der Waals surface area contributed by atoms with Crippen LogP contribution in [0.1, 0.15) is 23.2 Å². The summed E-state index contributed by atoms with van der Waals surface area (Å²) in [6, 6.07) is 13.9. The molecule has 2 aromatic carbocycles. The lowest BCUT2D eigenvalue weighted by molar-refractivity contribution is -0.116. The highest BCUT2D eigenvalue weighted by Gasteiger charge is 2.09. The second kappa shape index (κ2) is 7.38. The highest BCUT2D eigenvalue weighted by molar-refractivity contribution is 9.10. The van der Waals surface area contributed by atoms with Gasteiger partial charge in [-0.3, -0.25) is 9.59 Å². The van der Waals surface area contributed by atoms with Crippen molar-refractivity contribution in [2.24, 2.45) is 0 Å². The van der Waals surface area contributed by atoms with Crippen LogP contribution in [0.5, 0.6) is 0 Å². The van der Waals surface area contributed by atoms with Gasteiger partial charge in [-0.05, 0) is 48.5 Å². The number of halogens is 2. The van der Waals surface area contributed by atoms with Gasteiger partial charge in [0, 0.05) is 33.6 Å². The Morgan fingerprint density at radius 2 is 1.57 bits per heavy atom. The molecule has 0 saturated carbocycles. The van der Waals surface area contributed by atoms with Crippen molar-refractivity contribution >= 4 is 44.9 Å². The lowest BCUT2D eigenvalue weighted by Gasteiger charge is -2.05. The second-order valence-electron chi connectivity index (χ2n) is 4.49. The van der Waals surface area contributed by atoms with Gasteiger partial charge in [0.05, 0.1) is 0 Å². The van der Waals surface area contributed by atoms with E-state index in [9.17, 15) is 9.59 Å². The molecule has 2 rings (SSSR count). The number of anilines is 1. The number of carbonyl (C=O) groups is 2. The van der Waals surface area contributed by atoms with E-state index >= 15 is 0 Å². The molecule has 3 nitrogen and oxygen atoms in total. The third-order valence-electron chi connectivity index (χ3n) is 2.87. The summed E-state index contributed by atoms with van der Waals surface area (Å²) in [4.78, 5) is 23.7. The Kier molecular flexibility index (Phi) is 5.53. The van der Waals surface area contributed by atoms with Crippen molar-refractivity contribution in [1.29, 1.82) is 0 Å². The van der Waals surface area contributed by atoms with Gasteiger partial charge in [-0.1, -0.05) is 27.5 Å². The van der Waals surface area contributed by atoms with Gasteiger partial charge in [0.15, 0.2) is 5.78 Å². The Balaban J connectivity index is 1.84. The van der Waals surface area contributed by atoms with E-state index in [2.05, 4.69) is 21.2 Å². The summed E-state index contributed by atoms with van der Waals surface area (Å²) in [5, 5.41) is 3.33. The molecule has 0 heterocycles. The Bertz CT molecular complexity index is 638. The van der Waals surface area contributed by atoms with E-state index < -0.39 is 0 Å². The van der Waals surface area contributed by atoms with Crippen LogP contribution in [0.3, 0.4) is 0 Å². The van der Waals surface area contributed by atoms with Crippen molar-refractivity contribution in [2.75, 3.05) is 5.32 Å². The second-order valence-corrected chi connectivity index (χ2v) is 5.84. The number of ketones is 1. The molecular weight excluding hydrogens is 354 g/mol. The van der Waals surface area contributed by atoms with E-state index in [1.807, 2.05) is 12.1 Å². The molecule has 0 atom stereocenters. The summed E-state index contributed by atoms with van der Waals surface area (Å²) in [6.45, 7) is 0. The summed E-state index contributed by atoms with van der Waals surface area (Å²) >= 11 is 9.09. The fourth-order valence-electron chi connectivity index (χ4n) is 1.76. The average molecular weight is 367 g/mol. The van der Waals surface area contributed by atoms with Crippen LogP contribution in [0.25, 0.3) is 0 Å². The van der Waals surface area contributed by atoms with Gasteiger partial charge >= 0.3 is 0 Å². The first-order valence-electron chi connectivity index (χ1n) is 6.39. The molecule has 1 N–H and O–H groups in total. The first-order valence-corrected chi connectivity index (χ1v) is 7.56. The summed E-state index contributed by atoms with van der Waals surface area (Å²) in [6.07, 6.45) is 0.321. The van der Waals surface area contributed by atoms with Crippen molar-refractivity contribution in [3.05, 3.63) is 63.6 Å². The van der Waals surface area contributed by atoms with Crippen LogP contribution < -0.4 is 5.32 Å². The van der Waals surface area contributed by atoms with Gasteiger partial charge in [0.2, 0.25) is 5.91 Å². The summed E-state index contributed by atoms with van der Waals surface area (Å²) in [5.41, 5.74) is 1.28. The van der Waals surface area contributed by atoms with E-state index in [1.54, 1.807) is 36.4 Å². The lowest BCUT2D eigenvalue weighted by atomic mass is 10.1. The van der Waals surface area contributed by atoms with E-state index in [0.29, 0.717) is 16.3 Å². The fraction of sp³-hybridized carbons (Fsp3) is 0.125. The fourth-order valence-corrected chi connectivity index (χ4v) is 2.15. The Labute approximate surface area is 136 Å². The molecule has 108 valence electrons. The van der Waals surface area contributed by atoms with Gasteiger partial charge < -0.3 is 5.32 Å². The van der Waals surface area contributed by atoms with Gasteiger partial charge in [-0.2, -0.15) is 0 Å². The maximum atomic E-state index is 11.9. The summed E-state index contributed by atoms with van der Waals surface area (Å²) < 4.78 is 0.943. The normalized spacial score (nSPS) is 10.2. The van der Waals surface area contributed by atoms with Gasteiger partial charge in [0.25, 0.3) is 0 Å². The number of benzene rings is 2. The molecule has 2 aromatic rings. The van der Waals surface area contributed by atoms with Crippen LogP contribution in [-0.4, -0.2) is 11.7 Å². The Morgan fingerprint density at radius 3 is 2.19 bits per heavy atom. The molecule has 0 aliphatic carbocycles. The Morgan fingerprint density at radius 1 is 0.952 bits per heavy atom. The molecule has 21 heavy (non-hydrogen) atoms. The predicted molar refractivity (Wildman–Crippen MR) is 87.8 cm³/mol. The maximum Gasteiger partial charge on any atom is 0.224 e. The topological polar surface area (TPSA) is 46.2 Å². The average Bonchev–Trinajstić information content (AvgIpc) is 2.48. The highest BCUT2D eigenvalue weighted by Crippen LogP contribution is 2.15.